The van der Waals surface area contributed by atoms with Crippen LogP contribution in [0.3, 0.4) is 0 Å². The van der Waals surface area contributed by atoms with Crippen molar-refractivity contribution in [3.63, 3.8) is 0 Å². The van der Waals surface area contributed by atoms with Crippen molar-refractivity contribution in [1.29, 1.82) is 0 Å². The standard InChI is InChI=1S/C18H17N5O/c1-13(24)15-2-4-16(5-3-15)23-18-10-17(21-12-22-18)20-11-14-6-8-19-9-7-14/h2-10,12H,11H2,1H3,(H2,20,21,22,23). The molecule has 0 amide bonds. The van der Waals surface area contributed by atoms with Crippen LogP contribution in [-0.4, -0.2) is 20.7 Å². The molecule has 0 saturated carbocycles. The van der Waals surface area contributed by atoms with Gasteiger partial charge in [0.25, 0.3) is 0 Å². The number of rotatable bonds is 6. The number of hydrogen-bond acceptors (Lipinski definition) is 6. The number of nitrogens with one attached hydrogen (secondary N) is 2. The minimum Gasteiger partial charge on any atom is -0.366 e. The molecule has 0 unspecified atom stereocenters. The highest BCUT2D eigenvalue weighted by atomic mass is 16.1. The number of pyridine rings is 1. The largest absolute Gasteiger partial charge is 0.366 e. The summed E-state index contributed by atoms with van der Waals surface area (Å²) < 4.78 is 0. The molecule has 0 aliphatic carbocycles. The van der Waals surface area contributed by atoms with Crippen molar-refractivity contribution in [2.24, 2.45) is 0 Å². The van der Waals surface area contributed by atoms with Gasteiger partial charge in [-0.05, 0) is 48.9 Å². The van der Waals surface area contributed by atoms with Gasteiger partial charge in [-0.3, -0.25) is 9.78 Å². The lowest BCUT2D eigenvalue weighted by Crippen LogP contribution is -2.03. The van der Waals surface area contributed by atoms with E-state index in [1.165, 1.54) is 6.33 Å². The van der Waals surface area contributed by atoms with E-state index in [4.69, 9.17) is 0 Å². The predicted octanol–water partition coefficient (Wildman–Crippen LogP) is 3.43. The van der Waals surface area contributed by atoms with Crippen LogP contribution in [0.2, 0.25) is 0 Å². The van der Waals surface area contributed by atoms with Crippen molar-refractivity contribution in [1.82, 2.24) is 15.0 Å². The number of carbonyl (C=O) groups excluding carboxylic acids is 1. The summed E-state index contributed by atoms with van der Waals surface area (Å²) in [6, 6.07) is 13.0. The third-order valence-electron chi connectivity index (χ3n) is 3.45. The summed E-state index contributed by atoms with van der Waals surface area (Å²) in [7, 11) is 0. The van der Waals surface area contributed by atoms with E-state index in [2.05, 4.69) is 25.6 Å². The quantitative estimate of drug-likeness (QED) is 0.678. The van der Waals surface area contributed by atoms with Crippen LogP contribution in [0, 0.1) is 0 Å². The summed E-state index contributed by atoms with van der Waals surface area (Å²) in [5.74, 6) is 1.45. The van der Waals surface area contributed by atoms with Gasteiger partial charge in [-0.25, -0.2) is 9.97 Å². The molecule has 3 aromatic rings. The van der Waals surface area contributed by atoms with E-state index < -0.39 is 0 Å². The molecule has 6 heteroatoms. The van der Waals surface area contributed by atoms with Gasteiger partial charge in [-0.1, -0.05) is 0 Å². The van der Waals surface area contributed by atoms with E-state index >= 15 is 0 Å². The van der Waals surface area contributed by atoms with Gasteiger partial charge in [0.2, 0.25) is 0 Å². The molecule has 2 N–H and O–H groups in total. The Hall–Kier alpha value is -3.28. The molecule has 0 radical (unpaired) electrons. The Morgan fingerprint density at radius 3 is 2.42 bits per heavy atom. The van der Waals surface area contributed by atoms with Crippen LogP contribution in [0.4, 0.5) is 17.3 Å². The first-order valence-electron chi connectivity index (χ1n) is 7.53. The molecule has 0 atom stereocenters. The lowest BCUT2D eigenvalue weighted by molar-refractivity contribution is 0.101. The fourth-order valence-electron chi connectivity index (χ4n) is 2.15. The molecular formula is C18H17N5O. The summed E-state index contributed by atoms with van der Waals surface area (Å²) in [4.78, 5) is 23.7. The van der Waals surface area contributed by atoms with Crippen molar-refractivity contribution in [2.45, 2.75) is 13.5 Å². The maximum Gasteiger partial charge on any atom is 0.159 e. The fourth-order valence-corrected chi connectivity index (χ4v) is 2.15. The smallest absolute Gasteiger partial charge is 0.159 e. The first-order valence-corrected chi connectivity index (χ1v) is 7.53. The zero-order valence-electron chi connectivity index (χ0n) is 13.2. The average Bonchev–Trinajstić information content (AvgIpc) is 2.62. The second-order valence-corrected chi connectivity index (χ2v) is 5.26. The van der Waals surface area contributed by atoms with Crippen LogP contribution >= 0.6 is 0 Å². The van der Waals surface area contributed by atoms with E-state index in [0.717, 1.165) is 17.1 Å². The van der Waals surface area contributed by atoms with E-state index in [-0.39, 0.29) is 5.78 Å². The Morgan fingerprint density at radius 1 is 1.00 bits per heavy atom. The molecular weight excluding hydrogens is 302 g/mol. The minimum absolute atomic E-state index is 0.0474. The molecule has 0 aliphatic heterocycles. The van der Waals surface area contributed by atoms with Gasteiger partial charge in [0.1, 0.15) is 18.0 Å². The lowest BCUT2D eigenvalue weighted by Gasteiger charge is -2.09. The first kappa shape index (κ1) is 15.6. The van der Waals surface area contributed by atoms with Gasteiger partial charge in [0.15, 0.2) is 5.78 Å². The third-order valence-corrected chi connectivity index (χ3v) is 3.45. The molecule has 0 bridgehead atoms. The van der Waals surface area contributed by atoms with Gasteiger partial charge >= 0.3 is 0 Å². The van der Waals surface area contributed by atoms with Crippen LogP contribution < -0.4 is 10.6 Å². The Labute approximate surface area is 140 Å². The van der Waals surface area contributed by atoms with Gasteiger partial charge in [0.05, 0.1) is 0 Å². The maximum absolute atomic E-state index is 11.3. The van der Waals surface area contributed by atoms with Crippen LogP contribution in [0.25, 0.3) is 0 Å². The van der Waals surface area contributed by atoms with E-state index in [1.54, 1.807) is 31.5 Å². The van der Waals surface area contributed by atoms with E-state index in [0.29, 0.717) is 17.9 Å². The molecule has 3 rings (SSSR count). The monoisotopic (exact) mass is 319 g/mol. The molecule has 1 aromatic carbocycles. The zero-order valence-corrected chi connectivity index (χ0v) is 13.2. The lowest BCUT2D eigenvalue weighted by atomic mass is 10.1. The topological polar surface area (TPSA) is 79.8 Å². The Morgan fingerprint density at radius 2 is 1.71 bits per heavy atom. The number of nitrogens with zero attached hydrogens (tertiary/aromatic N) is 3. The Bertz CT molecular complexity index is 818. The van der Waals surface area contributed by atoms with Crippen molar-refractivity contribution in [2.75, 3.05) is 10.6 Å². The minimum atomic E-state index is 0.0474. The molecule has 120 valence electrons. The highest BCUT2D eigenvalue weighted by Gasteiger charge is 2.02. The van der Waals surface area contributed by atoms with Crippen LogP contribution in [0.15, 0.2) is 61.2 Å². The van der Waals surface area contributed by atoms with E-state index in [1.807, 2.05) is 30.3 Å². The van der Waals surface area contributed by atoms with Gasteiger partial charge in [-0.2, -0.15) is 0 Å². The van der Waals surface area contributed by atoms with Crippen LogP contribution in [-0.2, 0) is 6.54 Å². The highest BCUT2D eigenvalue weighted by Crippen LogP contribution is 2.17. The van der Waals surface area contributed by atoms with Crippen molar-refractivity contribution >= 4 is 23.1 Å². The SMILES string of the molecule is CC(=O)c1ccc(Nc2cc(NCc3ccncc3)ncn2)cc1. The summed E-state index contributed by atoms with van der Waals surface area (Å²) in [5, 5.41) is 6.44. The van der Waals surface area contributed by atoms with Crippen molar-refractivity contribution < 1.29 is 4.79 Å². The molecule has 0 saturated heterocycles. The molecule has 0 fully saturated rings. The second-order valence-electron chi connectivity index (χ2n) is 5.26. The number of benzene rings is 1. The summed E-state index contributed by atoms with van der Waals surface area (Å²) in [6.07, 6.45) is 5.02. The predicted molar refractivity (Wildman–Crippen MR) is 93.3 cm³/mol. The van der Waals surface area contributed by atoms with Gasteiger partial charge < -0.3 is 10.6 Å². The Kier molecular flexibility index (Phi) is 4.76. The van der Waals surface area contributed by atoms with Gasteiger partial charge in [-0.15, -0.1) is 0 Å². The van der Waals surface area contributed by atoms with Crippen molar-refractivity contribution in [3.8, 4) is 0 Å². The summed E-state index contributed by atoms with van der Waals surface area (Å²) in [6.45, 7) is 2.21. The number of ketones is 1. The molecule has 0 aliphatic rings. The Balaban J connectivity index is 1.65. The molecule has 2 aromatic heterocycles. The third kappa shape index (κ3) is 4.13. The summed E-state index contributed by atoms with van der Waals surface area (Å²) in [5.41, 5.74) is 2.67. The van der Waals surface area contributed by atoms with Crippen LogP contribution in [0.1, 0.15) is 22.8 Å². The molecule has 6 nitrogen and oxygen atoms in total. The first-order chi connectivity index (χ1) is 11.7. The number of Topliss-reactive ketones (excluding diaryl/α,β-unsaturated/α-hetero) is 1. The van der Waals surface area contributed by atoms with Crippen molar-refractivity contribution in [3.05, 3.63) is 72.3 Å². The van der Waals surface area contributed by atoms with Crippen LogP contribution in [0.5, 0.6) is 0 Å². The summed E-state index contributed by atoms with van der Waals surface area (Å²) >= 11 is 0. The average molecular weight is 319 g/mol. The van der Waals surface area contributed by atoms with Gasteiger partial charge in [0, 0.05) is 36.3 Å². The number of anilines is 3. The highest BCUT2D eigenvalue weighted by molar-refractivity contribution is 5.94. The molecule has 24 heavy (non-hydrogen) atoms. The molecule has 0 spiro atoms. The number of carbonyl (C=O) groups is 1. The normalized spacial score (nSPS) is 10.2. The maximum atomic E-state index is 11.3. The number of aromatic nitrogens is 3. The number of hydrogen-bond donors (Lipinski definition) is 2. The molecule has 2 heterocycles. The fraction of sp³-hybridized carbons (Fsp3) is 0.111. The van der Waals surface area contributed by atoms with E-state index in [9.17, 15) is 4.79 Å². The zero-order chi connectivity index (χ0) is 16.8. The second kappa shape index (κ2) is 7.32.